The topological polar surface area (TPSA) is 101 Å². The Labute approximate surface area is 53.8 Å². The van der Waals surface area contributed by atoms with Gasteiger partial charge in [-0.1, -0.05) is 0 Å². The number of rotatable bonds is 1. The van der Waals surface area contributed by atoms with Gasteiger partial charge in [0.1, 0.15) is 0 Å². The minimum absolute atomic E-state index is 0.125. The van der Waals surface area contributed by atoms with E-state index in [1.54, 1.807) is 0 Å². The maximum absolute atomic E-state index is 7.77. The average molecular weight is 160 g/mol. The molecule has 0 aromatic heterocycles. The minimum atomic E-state index is -3.61. The Morgan fingerprint density at radius 3 is 1.11 bits per heavy atom. The summed E-state index contributed by atoms with van der Waals surface area (Å²) in [5.74, 6) is 0. The van der Waals surface area contributed by atoms with Gasteiger partial charge in [-0.15, -0.1) is 0 Å². The Hall–Kier alpha value is 0.230. The second-order valence-corrected chi connectivity index (χ2v) is 3.36. The molecule has 0 unspecified atom stereocenters. The Balaban J connectivity index is 0. The van der Waals surface area contributed by atoms with Gasteiger partial charge in [-0.25, -0.2) is 0 Å². The summed E-state index contributed by atoms with van der Waals surface area (Å²) in [6.45, 7) is 0.743. The number of aliphatic hydroxyl groups is 2. The zero-order chi connectivity index (χ0) is 7.91. The molecule has 0 fully saturated rings. The zero-order valence-electron chi connectivity index (χ0n) is 5.15. The fourth-order valence-electron chi connectivity index (χ4n) is 0. The van der Waals surface area contributed by atoms with Crippen molar-refractivity contribution in [2.45, 2.75) is 0 Å². The molecule has 9 heavy (non-hydrogen) atoms. The molecular weight excluding hydrogens is 147 g/mol. The van der Waals surface area contributed by atoms with Crippen molar-refractivity contribution < 1.29 is 24.9 Å². The van der Waals surface area contributed by atoms with Crippen LogP contribution in [0, 0.1) is 0 Å². The van der Waals surface area contributed by atoms with Crippen LogP contribution in [0.3, 0.4) is 0 Å². The van der Waals surface area contributed by atoms with E-state index >= 15 is 0 Å². The van der Waals surface area contributed by atoms with Gasteiger partial charge in [0.2, 0.25) is 0 Å². The maximum Gasteiger partial charge on any atom is 0.0662 e. The largest absolute Gasteiger partial charge is 0.394 e. The van der Waals surface area contributed by atoms with Gasteiger partial charge in [-0.05, 0) is 0 Å². The monoisotopic (exact) mass is 160 g/mol. The molecule has 0 radical (unpaired) electrons. The summed E-state index contributed by atoms with van der Waals surface area (Å²) in [5.41, 5.74) is 0. The SMILES string of the molecule is C[PH](O)(O)O.OCCO. The fraction of sp³-hybridized carbons (Fsp3) is 1.00. The van der Waals surface area contributed by atoms with Crippen LogP contribution in [0.15, 0.2) is 0 Å². The summed E-state index contributed by atoms with van der Waals surface area (Å²) in [7, 11) is -3.61. The minimum Gasteiger partial charge on any atom is -0.394 e. The van der Waals surface area contributed by atoms with Crippen molar-refractivity contribution in [3.63, 3.8) is 0 Å². The third kappa shape index (κ3) is 211. The van der Waals surface area contributed by atoms with E-state index in [2.05, 4.69) is 0 Å². The van der Waals surface area contributed by atoms with Gasteiger partial charge in [-0.3, -0.25) is 0 Å². The summed E-state index contributed by atoms with van der Waals surface area (Å²) in [6, 6.07) is 0. The summed E-state index contributed by atoms with van der Waals surface area (Å²) >= 11 is 0. The molecule has 0 aliphatic heterocycles. The quantitative estimate of drug-likeness (QED) is 0.287. The molecule has 0 amide bonds. The standard InChI is InChI=1S/C2H6O2.CH7O3P/c3-1-2-4;1-5(2,3)4/h3-4H,1-2H2;2-5H,1H3. The van der Waals surface area contributed by atoms with Crippen LogP contribution in [-0.4, -0.2) is 44.8 Å². The van der Waals surface area contributed by atoms with E-state index in [-0.39, 0.29) is 13.2 Å². The first kappa shape index (κ1) is 12.0. The Kier molecular flexibility index (Phi) is 8.44. The van der Waals surface area contributed by atoms with E-state index < -0.39 is 7.94 Å². The van der Waals surface area contributed by atoms with Crippen LogP contribution in [0.2, 0.25) is 0 Å². The van der Waals surface area contributed by atoms with Gasteiger partial charge in [0.25, 0.3) is 0 Å². The van der Waals surface area contributed by atoms with Crippen molar-refractivity contribution in [3.8, 4) is 0 Å². The summed E-state index contributed by atoms with van der Waals surface area (Å²) in [6.07, 6.45) is 0. The molecule has 0 rings (SSSR count). The van der Waals surface area contributed by atoms with Crippen LogP contribution in [0.4, 0.5) is 0 Å². The normalized spacial score (nSPS) is 11.8. The molecular formula is C3H13O5P. The van der Waals surface area contributed by atoms with Crippen molar-refractivity contribution in [3.05, 3.63) is 0 Å². The molecule has 0 saturated heterocycles. The molecule has 0 atom stereocenters. The van der Waals surface area contributed by atoms with Crippen molar-refractivity contribution >= 4 is 7.94 Å². The van der Waals surface area contributed by atoms with Crippen LogP contribution in [0.1, 0.15) is 0 Å². The third-order valence-corrected chi connectivity index (χ3v) is 0.1000. The Bertz CT molecular complexity index is 42.7. The smallest absolute Gasteiger partial charge is 0.0662 e. The molecule has 0 aromatic carbocycles. The molecule has 0 heterocycles. The fourth-order valence-corrected chi connectivity index (χ4v) is 0. The zero-order valence-corrected chi connectivity index (χ0v) is 6.15. The number of hydrogen-bond acceptors (Lipinski definition) is 5. The molecule has 0 bridgehead atoms. The van der Waals surface area contributed by atoms with Crippen molar-refractivity contribution in [2.75, 3.05) is 19.9 Å². The molecule has 60 valence electrons. The predicted octanol–water partition coefficient (Wildman–Crippen LogP) is -1.94. The molecule has 0 spiro atoms. The molecule has 0 aliphatic carbocycles. The average Bonchev–Trinajstić information content (AvgIpc) is 1.61. The maximum atomic E-state index is 7.77. The van der Waals surface area contributed by atoms with E-state index in [1.807, 2.05) is 0 Å². The van der Waals surface area contributed by atoms with E-state index in [0.717, 1.165) is 6.66 Å². The van der Waals surface area contributed by atoms with Gasteiger partial charge in [-0.2, -0.15) is 0 Å². The molecule has 5 N–H and O–H groups in total. The van der Waals surface area contributed by atoms with Gasteiger partial charge in [0, 0.05) is 0 Å². The van der Waals surface area contributed by atoms with Crippen LogP contribution in [0.5, 0.6) is 0 Å². The first-order chi connectivity index (χ1) is 3.91. The van der Waals surface area contributed by atoms with Crippen molar-refractivity contribution in [1.82, 2.24) is 0 Å². The molecule has 0 aliphatic rings. The van der Waals surface area contributed by atoms with Gasteiger partial charge >= 0.3 is 29.3 Å². The number of aliphatic hydroxyl groups excluding tert-OH is 2. The van der Waals surface area contributed by atoms with E-state index in [1.165, 1.54) is 0 Å². The molecule has 5 nitrogen and oxygen atoms in total. The van der Waals surface area contributed by atoms with Gasteiger partial charge < -0.3 is 10.2 Å². The Morgan fingerprint density at radius 1 is 1.00 bits per heavy atom. The van der Waals surface area contributed by atoms with Crippen LogP contribution >= 0.6 is 7.94 Å². The summed E-state index contributed by atoms with van der Waals surface area (Å²) in [5, 5.41) is 15.2. The van der Waals surface area contributed by atoms with Crippen molar-refractivity contribution in [2.24, 2.45) is 0 Å². The van der Waals surface area contributed by atoms with Gasteiger partial charge in [0.15, 0.2) is 0 Å². The molecule has 0 aromatic rings. The van der Waals surface area contributed by atoms with Gasteiger partial charge in [0.05, 0.1) is 13.2 Å². The first-order valence-corrected chi connectivity index (χ1v) is 4.64. The second-order valence-electron chi connectivity index (χ2n) is 1.42. The van der Waals surface area contributed by atoms with Crippen LogP contribution in [-0.2, 0) is 0 Å². The third-order valence-electron chi connectivity index (χ3n) is 0.1000. The van der Waals surface area contributed by atoms with Crippen LogP contribution in [0.25, 0.3) is 0 Å². The summed E-state index contributed by atoms with van der Waals surface area (Å²) < 4.78 is 0. The molecule has 0 saturated carbocycles. The van der Waals surface area contributed by atoms with Crippen molar-refractivity contribution in [1.29, 1.82) is 0 Å². The Morgan fingerprint density at radius 2 is 1.11 bits per heavy atom. The number of hydrogen-bond donors (Lipinski definition) is 5. The van der Waals surface area contributed by atoms with E-state index in [9.17, 15) is 0 Å². The second kappa shape index (κ2) is 6.35. The van der Waals surface area contributed by atoms with Crippen LogP contribution < -0.4 is 0 Å². The first-order valence-electron chi connectivity index (χ1n) is 2.30. The molecule has 6 heteroatoms. The van der Waals surface area contributed by atoms with E-state index in [0.29, 0.717) is 0 Å². The van der Waals surface area contributed by atoms with E-state index in [4.69, 9.17) is 24.9 Å². The summed E-state index contributed by atoms with van der Waals surface area (Å²) in [4.78, 5) is 23.3. The predicted molar refractivity (Wildman–Crippen MR) is 35.1 cm³/mol.